The van der Waals surface area contributed by atoms with E-state index in [-0.39, 0.29) is 6.03 Å². The summed E-state index contributed by atoms with van der Waals surface area (Å²) in [7, 11) is 3.23. The molecule has 0 aliphatic heterocycles. The average molecular weight is 400 g/mol. The number of rotatable bonds is 11. The lowest BCUT2D eigenvalue weighted by molar-refractivity contribution is 0.240. The Morgan fingerprint density at radius 1 is 0.931 bits per heavy atom. The highest BCUT2D eigenvalue weighted by Crippen LogP contribution is 2.27. The molecule has 0 heterocycles. The second kappa shape index (κ2) is 12.0. The Morgan fingerprint density at radius 3 is 2.28 bits per heavy atom. The third-order valence-electron chi connectivity index (χ3n) is 4.99. The van der Waals surface area contributed by atoms with Gasteiger partial charge in [0.2, 0.25) is 0 Å². The topological polar surface area (TPSA) is 62.8 Å². The molecule has 29 heavy (non-hydrogen) atoms. The predicted molar refractivity (Wildman–Crippen MR) is 117 cm³/mol. The number of carbonyl (C=O) groups excluding carboxylic acids is 1. The summed E-state index contributed by atoms with van der Waals surface area (Å²) < 4.78 is 10.6. The molecule has 0 bridgehead atoms. The molecule has 2 aromatic rings. The fraction of sp³-hybridized carbons (Fsp3) is 0.435. The Hall–Kier alpha value is -2.73. The second-order valence-corrected chi connectivity index (χ2v) is 6.78. The maximum Gasteiger partial charge on any atom is 0.315 e. The van der Waals surface area contributed by atoms with Crippen LogP contribution < -0.4 is 20.1 Å². The quantitative estimate of drug-likeness (QED) is 0.606. The SMILES string of the molecule is CCN(CC)Cc1ccccc1CNC(=O)NCCc1ccc(OC)c(OC)c1. The number of benzene rings is 2. The average Bonchev–Trinajstić information content (AvgIpc) is 2.76. The van der Waals surface area contributed by atoms with Gasteiger partial charge in [-0.25, -0.2) is 4.79 Å². The molecule has 0 aromatic heterocycles. The zero-order valence-corrected chi connectivity index (χ0v) is 18.0. The van der Waals surface area contributed by atoms with Crippen molar-refractivity contribution in [3.8, 4) is 11.5 Å². The number of nitrogens with one attached hydrogen (secondary N) is 2. The van der Waals surface area contributed by atoms with Crippen LogP contribution in [-0.2, 0) is 19.5 Å². The van der Waals surface area contributed by atoms with Gasteiger partial charge >= 0.3 is 6.03 Å². The molecule has 158 valence electrons. The van der Waals surface area contributed by atoms with Gasteiger partial charge in [-0.3, -0.25) is 4.90 Å². The van der Waals surface area contributed by atoms with Crippen LogP contribution in [0.15, 0.2) is 42.5 Å². The van der Waals surface area contributed by atoms with Crippen LogP contribution in [0.25, 0.3) is 0 Å². The fourth-order valence-corrected chi connectivity index (χ4v) is 3.17. The first kappa shape index (κ1) is 22.6. The summed E-state index contributed by atoms with van der Waals surface area (Å²) in [5.74, 6) is 1.39. The van der Waals surface area contributed by atoms with Crippen molar-refractivity contribution in [2.75, 3.05) is 33.9 Å². The van der Waals surface area contributed by atoms with Gasteiger partial charge in [0.05, 0.1) is 14.2 Å². The van der Waals surface area contributed by atoms with Crippen LogP contribution in [0.5, 0.6) is 11.5 Å². The van der Waals surface area contributed by atoms with Gasteiger partial charge in [0, 0.05) is 19.6 Å². The number of nitrogens with zero attached hydrogens (tertiary/aromatic N) is 1. The van der Waals surface area contributed by atoms with E-state index in [2.05, 4.69) is 41.5 Å². The molecule has 0 saturated heterocycles. The summed E-state index contributed by atoms with van der Waals surface area (Å²) in [5.41, 5.74) is 3.48. The van der Waals surface area contributed by atoms with E-state index in [1.165, 1.54) is 5.56 Å². The molecule has 0 aliphatic rings. The molecule has 0 saturated carbocycles. The Morgan fingerprint density at radius 2 is 1.62 bits per heavy atom. The maximum absolute atomic E-state index is 12.2. The van der Waals surface area contributed by atoms with Crippen molar-refractivity contribution in [2.24, 2.45) is 0 Å². The molecule has 2 aromatic carbocycles. The molecular formula is C23H33N3O3. The Labute approximate surface area is 174 Å². The molecule has 0 spiro atoms. The van der Waals surface area contributed by atoms with E-state index in [1.807, 2.05) is 30.3 Å². The number of urea groups is 1. The van der Waals surface area contributed by atoms with Gasteiger partial charge in [0.1, 0.15) is 0 Å². The van der Waals surface area contributed by atoms with Crippen molar-refractivity contribution < 1.29 is 14.3 Å². The van der Waals surface area contributed by atoms with E-state index in [0.717, 1.165) is 30.8 Å². The zero-order chi connectivity index (χ0) is 21.1. The molecule has 6 nitrogen and oxygen atoms in total. The van der Waals surface area contributed by atoms with Crippen LogP contribution in [0.3, 0.4) is 0 Å². The van der Waals surface area contributed by atoms with E-state index in [4.69, 9.17) is 9.47 Å². The number of hydrogen-bond acceptors (Lipinski definition) is 4. The van der Waals surface area contributed by atoms with Crippen molar-refractivity contribution >= 4 is 6.03 Å². The lowest BCUT2D eigenvalue weighted by Crippen LogP contribution is -2.36. The molecule has 2 amide bonds. The molecule has 0 aliphatic carbocycles. The van der Waals surface area contributed by atoms with Gasteiger partial charge in [-0.2, -0.15) is 0 Å². The Kier molecular flexibility index (Phi) is 9.31. The fourth-order valence-electron chi connectivity index (χ4n) is 3.17. The summed E-state index contributed by atoms with van der Waals surface area (Å²) >= 11 is 0. The number of hydrogen-bond donors (Lipinski definition) is 2. The van der Waals surface area contributed by atoms with E-state index in [0.29, 0.717) is 31.0 Å². The Bertz CT molecular complexity index is 776. The minimum absolute atomic E-state index is 0.164. The van der Waals surface area contributed by atoms with Crippen molar-refractivity contribution in [1.29, 1.82) is 0 Å². The lowest BCUT2D eigenvalue weighted by Gasteiger charge is -2.20. The van der Waals surface area contributed by atoms with Gasteiger partial charge in [-0.05, 0) is 48.3 Å². The van der Waals surface area contributed by atoms with Gasteiger partial charge in [0.15, 0.2) is 11.5 Å². The third kappa shape index (κ3) is 6.98. The number of amides is 2. The van der Waals surface area contributed by atoms with Gasteiger partial charge in [-0.15, -0.1) is 0 Å². The zero-order valence-electron chi connectivity index (χ0n) is 18.0. The first-order chi connectivity index (χ1) is 14.1. The molecule has 2 N–H and O–H groups in total. The largest absolute Gasteiger partial charge is 0.493 e. The lowest BCUT2D eigenvalue weighted by atomic mass is 10.1. The molecule has 0 radical (unpaired) electrons. The highest BCUT2D eigenvalue weighted by atomic mass is 16.5. The van der Waals surface area contributed by atoms with Crippen molar-refractivity contribution in [2.45, 2.75) is 33.4 Å². The normalized spacial score (nSPS) is 10.7. The maximum atomic E-state index is 12.2. The molecule has 0 unspecified atom stereocenters. The summed E-state index contributed by atoms with van der Waals surface area (Å²) in [4.78, 5) is 14.6. The van der Waals surface area contributed by atoms with Crippen molar-refractivity contribution in [1.82, 2.24) is 15.5 Å². The molecular weight excluding hydrogens is 366 g/mol. The van der Waals surface area contributed by atoms with E-state index in [9.17, 15) is 4.79 Å². The van der Waals surface area contributed by atoms with Crippen molar-refractivity contribution in [3.05, 3.63) is 59.2 Å². The summed E-state index contributed by atoms with van der Waals surface area (Å²) in [6.07, 6.45) is 0.715. The van der Waals surface area contributed by atoms with Gasteiger partial charge in [-0.1, -0.05) is 44.2 Å². The number of ether oxygens (including phenoxy) is 2. The van der Waals surface area contributed by atoms with Crippen LogP contribution in [0, 0.1) is 0 Å². The van der Waals surface area contributed by atoms with Crippen LogP contribution in [0.4, 0.5) is 4.79 Å². The highest BCUT2D eigenvalue weighted by Gasteiger charge is 2.08. The minimum atomic E-state index is -0.164. The van der Waals surface area contributed by atoms with Crippen LogP contribution in [-0.4, -0.2) is 44.8 Å². The Balaban J connectivity index is 1.82. The first-order valence-electron chi connectivity index (χ1n) is 10.1. The van der Waals surface area contributed by atoms with Gasteiger partial charge in [0.25, 0.3) is 0 Å². The molecule has 0 fully saturated rings. The van der Waals surface area contributed by atoms with E-state index in [1.54, 1.807) is 14.2 Å². The smallest absolute Gasteiger partial charge is 0.315 e. The predicted octanol–water partition coefficient (Wildman–Crippen LogP) is 3.59. The first-order valence-corrected chi connectivity index (χ1v) is 10.1. The number of methoxy groups -OCH3 is 2. The second-order valence-electron chi connectivity index (χ2n) is 6.78. The summed E-state index contributed by atoms with van der Waals surface area (Å²) in [5, 5.41) is 5.88. The van der Waals surface area contributed by atoms with Crippen LogP contribution in [0.1, 0.15) is 30.5 Å². The van der Waals surface area contributed by atoms with E-state index >= 15 is 0 Å². The summed E-state index contributed by atoms with van der Waals surface area (Å²) in [6.45, 7) is 8.30. The van der Waals surface area contributed by atoms with Crippen molar-refractivity contribution in [3.63, 3.8) is 0 Å². The van der Waals surface area contributed by atoms with Gasteiger partial charge < -0.3 is 20.1 Å². The summed E-state index contributed by atoms with van der Waals surface area (Å²) in [6, 6.07) is 13.9. The third-order valence-corrected chi connectivity index (χ3v) is 4.99. The molecule has 6 heteroatoms. The molecule has 0 atom stereocenters. The highest BCUT2D eigenvalue weighted by molar-refractivity contribution is 5.73. The molecule has 2 rings (SSSR count). The van der Waals surface area contributed by atoms with Crippen LogP contribution >= 0.6 is 0 Å². The van der Waals surface area contributed by atoms with E-state index < -0.39 is 0 Å². The standard InChI is InChI=1S/C23H33N3O3/c1-5-26(6-2)17-20-10-8-7-9-19(20)16-25-23(27)24-14-13-18-11-12-21(28-3)22(15-18)29-4/h7-12,15H,5-6,13-14,16-17H2,1-4H3,(H2,24,25,27). The van der Waals surface area contributed by atoms with Crippen LogP contribution in [0.2, 0.25) is 0 Å². The number of carbonyl (C=O) groups is 1. The minimum Gasteiger partial charge on any atom is -0.493 e. The monoisotopic (exact) mass is 399 g/mol.